The molecule has 2 unspecified atom stereocenters. The minimum Gasteiger partial charge on any atom is -0.392 e. The van der Waals surface area contributed by atoms with Crippen LogP contribution in [0.4, 0.5) is 0 Å². The molecule has 2 atom stereocenters. The van der Waals surface area contributed by atoms with Gasteiger partial charge in [-0.25, -0.2) is 0 Å². The van der Waals surface area contributed by atoms with E-state index in [4.69, 9.17) is 16.7 Å². The van der Waals surface area contributed by atoms with Gasteiger partial charge in [-0.2, -0.15) is 0 Å². The number of hydrogen-bond donors (Lipinski definition) is 1. The molecule has 66 valence electrons. The molecule has 0 aromatic rings. The summed E-state index contributed by atoms with van der Waals surface area (Å²) in [6.07, 6.45) is 3.04. The van der Waals surface area contributed by atoms with Crippen molar-refractivity contribution in [3.63, 3.8) is 0 Å². The first-order valence-corrected chi connectivity index (χ1v) is 4.42. The van der Waals surface area contributed by atoms with Crippen molar-refractivity contribution in [2.45, 2.75) is 32.6 Å². The zero-order valence-electron chi connectivity index (χ0n) is 7.47. The van der Waals surface area contributed by atoms with Crippen LogP contribution in [-0.4, -0.2) is 17.1 Å². The predicted molar refractivity (Wildman–Crippen MR) is 49.9 cm³/mol. The van der Waals surface area contributed by atoms with Gasteiger partial charge in [-0.05, 0) is 26.2 Å². The van der Waals surface area contributed by atoms with E-state index in [0.29, 0.717) is 5.92 Å². The van der Waals surface area contributed by atoms with Crippen molar-refractivity contribution < 1.29 is 5.11 Å². The van der Waals surface area contributed by atoms with Crippen molar-refractivity contribution in [2.75, 3.05) is 6.61 Å². The molecule has 0 spiro atoms. The predicted octanol–water partition coefficient (Wildman–Crippen LogP) is 2.58. The molecule has 0 rings (SSSR count). The second-order valence-electron chi connectivity index (χ2n) is 3.16. The van der Waals surface area contributed by atoms with Crippen molar-refractivity contribution in [2.24, 2.45) is 5.92 Å². The molecular weight excluding hydrogens is 160 g/mol. The van der Waals surface area contributed by atoms with Crippen LogP contribution in [0.15, 0.2) is 11.6 Å². The molecule has 1 N–H and O–H groups in total. The molecule has 0 aliphatic carbocycles. The highest BCUT2D eigenvalue weighted by atomic mass is 35.5. The monoisotopic (exact) mass is 176 g/mol. The molecule has 0 bridgehead atoms. The molecule has 0 saturated carbocycles. The van der Waals surface area contributed by atoms with Gasteiger partial charge in [0.25, 0.3) is 0 Å². The number of alkyl halides is 1. The van der Waals surface area contributed by atoms with E-state index in [9.17, 15) is 0 Å². The fourth-order valence-corrected chi connectivity index (χ4v) is 1.40. The van der Waals surface area contributed by atoms with Gasteiger partial charge in [0.15, 0.2) is 0 Å². The van der Waals surface area contributed by atoms with E-state index in [1.165, 1.54) is 0 Å². The van der Waals surface area contributed by atoms with E-state index in [2.05, 4.69) is 13.0 Å². The van der Waals surface area contributed by atoms with Crippen LogP contribution in [0.1, 0.15) is 27.2 Å². The number of halogens is 1. The summed E-state index contributed by atoms with van der Waals surface area (Å²) in [4.78, 5) is 0. The molecule has 11 heavy (non-hydrogen) atoms. The zero-order chi connectivity index (χ0) is 8.85. The third kappa shape index (κ3) is 6.39. The Morgan fingerprint density at radius 1 is 1.55 bits per heavy atom. The second kappa shape index (κ2) is 5.62. The molecule has 2 heteroatoms. The molecule has 0 aliphatic rings. The Morgan fingerprint density at radius 2 is 2.09 bits per heavy atom. The van der Waals surface area contributed by atoms with Gasteiger partial charge in [0.2, 0.25) is 0 Å². The summed E-state index contributed by atoms with van der Waals surface area (Å²) in [6, 6.07) is 0. The SMILES string of the molecule is CC(=CC(C)CC(C)Cl)CO. The van der Waals surface area contributed by atoms with Gasteiger partial charge >= 0.3 is 0 Å². The lowest BCUT2D eigenvalue weighted by molar-refractivity contribution is 0.330. The molecule has 1 nitrogen and oxygen atoms in total. The third-order valence-electron chi connectivity index (χ3n) is 1.52. The van der Waals surface area contributed by atoms with Crippen molar-refractivity contribution in [1.82, 2.24) is 0 Å². The molecule has 0 aromatic carbocycles. The summed E-state index contributed by atoms with van der Waals surface area (Å²) in [5, 5.41) is 8.93. The van der Waals surface area contributed by atoms with Crippen LogP contribution in [0.2, 0.25) is 0 Å². The topological polar surface area (TPSA) is 20.2 Å². The Bertz CT molecular complexity index is 130. The molecule has 0 amide bonds. The number of hydrogen-bond acceptors (Lipinski definition) is 1. The van der Waals surface area contributed by atoms with Crippen LogP contribution in [0, 0.1) is 5.92 Å². The Labute approximate surface area is 74.1 Å². The average Bonchev–Trinajstić information content (AvgIpc) is 1.85. The first kappa shape index (κ1) is 11.0. The first-order valence-electron chi connectivity index (χ1n) is 3.98. The fourth-order valence-electron chi connectivity index (χ4n) is 1.12. The maximum Gasteiger partial charge on any atom is 0.0639 e. The summed E-state index contributed by atoms with van der Waals surface area (Å²) >= 11 is 5.81. The largest absolute Gasteiger partial charge is 0.392 e. The van der Waals surface area contributed by atoms with Crippen LogP contribution < -0.4 is 0 Å². The summed E-state index contributed by atoms with van der Waals surface area (Å²) in [7, 11) is 0. The van der Waals surface area contributed by atoms with Crippen LogP contribution >= 0.6 is 11.6 Å². The summed E-state index contributed by atoms with van der Waals surface area (Å²) in [5.74, 6) is 0.467. The van der Waals surface area contributed by atoms with Gasteiger partial charge in [-0.1, -0.05) is 18.6 Å². The van der Waals surface area contributed by atoms with Crippen LogP contribution in [0.25, 0.3) is 0 Å². The van der Waals surface area contributed by atoms with Crippen molar-refractivity contribution in [3.8, 4) is 0 Å². The van der Waals surface area contributed by atoms with Crippen molar-refractivity contribution >= 4 is 11.6 Å². The second-order valence-corrected chi connectivity index (χ2v) is 3.91. The van der Waals surface area contributed by atoms with E-state index in [0.717, 1.165) is 12.0 Å². The quantitative estimate of drug-likeness (QED) is 0.516. The smallest absolute Gasteiger partial charge is 0.0639 e. The van der Waals surface area contributed by atoms with Gasteiger partial charge < -0.3 is 5.11 Å². The maximum absolute atomic E-state index is 8.72. The minimum atomic E-state index is 0.154. The number of aliphatic hydroxyl groups excluding tert-OH is 1. The Hall–Kier alpha value is -0.0100. The van der Waals surface area contributed by atoms with E-state index >= 15 is 0 Å². The fraction of sp³-hybridized carbons (Fsp3) is 0.778. The highest BCUT2D eigenvalue weighted by Crippen LogP contribution is 2.13. The van der Waals surface area contributed by atoms with E-state index in [1.807, 2.05) is 13.8 Å². The van der Waals surface area contributed by atoms with E-state index < -0.39 is 0 Å². The van der Waals surface area contributed by atoms with Gasteiger partial charge in [-0.15, -0.1) is 11.6 Å². The van der Waals surface area contributed by atoms with Crippen molar-refractivity contribution in [1.29, 1.82) is 0 Å². The average molecular weight is 177 g/mol. The van der Waals surface area contributed by atoms with E-state index in [-0.39, 0.29) is 12.0 Å². The molecule has 0 fully saturated rings. The van der Waals surface area contributed by atoms with Crippen LogP contribution in [0.5, 0.6) is 0 Å². The standard InChI is InChI=1S/C9H17ClO/c1-7(5-9(3)10)4-8(2)6-11/h4,7,9,11H,5-6H2,1-3H3. The van der Waals surface area contributed by atoms with Crippen LogP contribution in [0.3, 0.4) is 0 Å². The molecule has 0 aromatic heterocycles. The van der Waals surface area contributed by atoms with Crippen LogP contribution in [-0.2, 0) is 0 Å². The highest BCUT2D eigenvalue weighted by Gasteiger charge is 2.02. The molecule has 0 saturated heterocycles. The Morgan fingerprint density at radius 3 is 2.45 bits per heavy atom. The molecule has 0 heterocycles. The lowest BCUT2D eigenvalue weighted by Gasteiger charge is -2.08. The molecule has 0 radical (unpaired) electrons. The van der Waals surface area contributed by atoms with Gasteiger partial charge in [0.1, 0.15) is 0 Å². The number of allylic oxidation sites excluding steroid dienone is 1. The maximum atomic E-state index is 8.72. The Balaban J connectivity index is 3.75. The lowest BCUT2D eigenvalue weighted by atomic mass is 10.0. The first-order chi connectivity index (χ1) is 5.06. The summed E-state index contributed by atoms with van der Waals surface area (Å²) < 4.78 is 0. The molecular formula is C9H17ClO. The van der Waals surface area contributed by atoms with Gasteiger partial charge in [-0.3, -0.25) is 0 Å². The highest BCUT2D eigenvalue weighted by molar-refractivity contribution is 6.20. The van der Waals surface area contributed by atoms with Crippen molar-refractivity contribution in [3.05, 3.63) is 11.6 Å². The Kier molecular flexibility index (Phi) is 5.61. The van der Waals surface area contributed by atoms with E-state index in [1.54, 1.807) is 0 Å². The minimum absolute atomic E-state index is 0.154. The number of aliphatic hydroxyl groups is 1. The summed E-state index contributed by atoms with van der Waals surface area (Å²) in [6.45, 7) is 6.18. The summed E-state index contributed by atoms with van der Waals surface area (Å²) in [5.41, 5.74) is 1.02. The molecule has 0 aliphatic heterocycles. The van der Waals surface area contributed by atoms with Gasteiger partial charge in [0.05, 0.1) is 6.61 Å². The lowest BCUT2D eigenvalue weighted by Crippen LogP contribution is -2.00. The third-order valence-corrected chi connectivity index (χ3v) is 1.69. The number of rotatable bonds is 4. The van der Waals surface area contributed by atoms with Gasteiger partial charge in [0, 0.05) is 5.38 Å². The normalized spacial score (nSPS) is 18.1. The zero-order valence-corrected chi connectivity index (χ0v) is 8.23.